The van der Waals surface area contributed by atoms with Crippen LogP contribution < -0.4 is 14.8 Å². The number of unbranched alkanes of at least 4 members (excludes halogenated alkanes) is 2. The molecule has 1 aromatic carbocycles. The summed E-state index contributed by atoms with van der Waals surface area (Å²) in [6, 6.07) is 5.43. The maximum absolute atomic E-state index is 12.6. The van der Waals surface area contributed by atoms with Crippen molar-refractivity contribution in [1.82, 2.24) is 0 Å². The van der Waals surface area contributed by atoms with Crippen molar-refractivity contribution in [1.29, 1.82) is 0 Å². The van der Waals surface area contributed by atoms with Gasteiger partial charge < -0.3 is 19.5 Å². The van der Waals surface area contributed by atoms with Gasteiger partial charge >= 0.3 is 5.97 Å². The molecule has 0 spiro atoms. The molecule has 1 N–H and O–H groups in total. The Hall–Kier alpha value is -2.54. The van der Waals surface area contributed by atoms with Crippen LogP contribution >= 0.6 is 11.3 Å². The second-order valence-corrected chi connectivity index (χ2v) is 7.03. The van der Waals surface area contributed by atoms with Crippen molar-refractivity contribution in [3.63, 3.8) is 0 Å². The Balaban J connectivity index is 2.38. The van der Waals surface area contributed by atoms with Crippen molar-refractivity contribution in [3.05, 3.63) is 29.1 Å². The highest BCUT2D eigenvalue weighted by Crippen LogP contribution is 2.39. The molecule has 2 rings (SSSR count). The first-order valence-electron chi connectivity index (χ1n) is 9.36. The largest absolute Gasteiger partial charge is 0.493 e. The third-order valence-corrected chi connectivity index (χ3v) is 5.12. The first kappa shape index (κ1) is 21.8. The molecular weight excluding hydrogens is 378 g/mol. The van der Waals surface area contributed by atoms with Crippen LogP contribution in [0.25, 0.3) is 11.1 Å². The van der Waals surface area contributed by atoms with Gasteiger partial charge in [0.05, 0.1) is 20.8 Å². The van der Waals surface area contributed by atoms with Gasteiger partial charge in [-0.05, 0) is 31.0 Å². The van der Waals surface area contributed by atoms with E-state index >= 15 is 0 Å². The van der Waals surface area contributed by atoms with Crippen molar-refractivity contribution in [2.75, 3.05) is 26.1 Å². The summed E-state index contributed by atoms with van der Waals surface area (Å²) < 4.78 is 15.9. The fraction of sp³-hybridized carbons (Fsp3) is 0.429. The molecule has 7 heteroatoms. The Kier molecular flexibility index (Phi) is 8.32. The lowest BCUT2D eigenvalue weighted by Crippen LogP contribution is -2.14. The number of nitrogens with one attached hydrogen (secondary N) is 1. The van der Waals surface area contributed by atoms with Crippen LogP contribution in [0.3, 0.4) is 0 Å². The smallest absolute Gasteiger partial charge is 0.341 e. The van der Waals surface area contributed by atoms with Gasteiger partial charge in [0, 0.05) is 17.4 Å². The molecule has 1 amide bonds. The second kappa shape index (κ2) is 10.7. The number of amides is 1. The lowest BCUT2D eigenvalue weighted by molar-refractivity contribution is -0.116. The van der Waals surface area contributed by atoms with Crippen LogP contribution in [0.4, 0.5) is 5.00 Å². The van der Waals surface area contributed by atoms with E-state index in [1.165, 1.54) is 11.3 Å². The van der Waals surface area contributed by atoms with E-state index < -0.39 is 5.97 Å². The van der Waals surface area contributed by atoms with Crippen LogP contribution in [-0.4, -0.2) is 32.7 Å². The van der Waals surface area contributed by atoms with Gasteiger partial charge in [-0.2, -0.15) is 0 Å². The van der Waals surface area contributed by atoms with Crippen molar-refractivity contribution < 1.29 is 23.8 Å². The summed E-state index contributed by atoms with van der Waals surface area (Å²) in [5.74, 6) is 0.604. The minimum Gasteiger partial charge on any atom is -0.493 e. The zero-order valence-corrected chi connectivity index (χ0v) is 17.6. The van der Waals surface area contributed by atoms with E-state index in [9.17, 15) is 9.59 Å². The molecule has 6 nitrogen and oxygen atoms in total. The minimum atomic E-state index is -0.461. The summed E-state index contributed by atoms with van der Waals surface area (Å²) in [5, 5.41) is 5.22. The third-order valence-electron chi connectivity index (χ3n) is 4.23. The number of anilines is 1. The van der Waals surface area contributed by atoms with Gasteiger partial charge in [0.1, 0.15) is 10.6 Å². The lowest BCUT2D eigenvalue weighted by Gasteiger charge is -2.11. The number of carbonyl (C=O) groups is 2. The fourth-order valence-corrected chi connectivity index (χ4v) is 3.77. The molecule has 0 radical (unpaired) electrons. The molecule has 152 valence electrons. The summed E-state index contributed by atoms with van der Waals surface area (Å²) in [6.45, 7) is 4.10. The Morgan fingerprint density at radius 2 is 1.82 bits per heavy atom. The summed E-state index contributed by atoms with van der Waals surface area (Å²) in [5.41, 5.74) is 1.83. The van der Waals surface area contributed by atoms with Gasteiger partial charge in [-0.25, -0.2) is 4.79 Å². The molecule has 0 saturated carbocycles. The molecule has 0 aliphatic heterocycles. The average Bonchev–Trinajstić information content (AvgIpc) is 3.11. The lowest BCUT2D eigenvalue weighted by atomic mass is 10.0. The van der Waals surface area contributed by atoms with Crippen LogP contribution in [0.5, 0.6) is 11.5 Å². The van der Waals surface area contributed by atoms with E-state index in [0.29, 0.717) is 34.0 Å². The summed E-state index contributed by atoms with van der Waals surface area (Å²) in [6.07, 6.45) is 3.30. The third kappa shape index (κ3) is 5.25. The molecule has 28 heavy (non-hydrogen) atoms. The molecule has 0 atom stereocenters. The molecule has 1 heterocycles. The van der Waals surface area contributed by atoms with E-state index in [2.05, 4.69) is 12.2 Å². The summed E-state index contributed by atoms with van der Waals surface area (Å²) >= 11 is 1.31. The number of benzene rings is 1. The SMILES string of the molecule is CCCCCC(=O)Nc1scc(-c2ccc(OC)c(OC)c2)c1C(=O)OCC. The predicted octanol–water partition coefficient (Wildman–Crippen LogP) is 5.13. The van der Waals surface area contributed by atoms with Gasteiger partial charge in [0.25, 0.3) is 0 Å². The molecule has 2 aromatic rings. The first-order chi connectivity index (χ1) is 13.5. The van der Waals surface area contributed by atoms with Crippen LogP contribution in [0.1, 0.15) is 49.9 Å². The van der Waals surface area contributed by atoms with E-state index in [1.54, 1.807) is 33.3 Å². The normalized spacial score (nSPS) is 10.4. The van der Waals surface area contributed by atoms with Crippen molar-refractivity contribution in [2.24, 2.45) is 0 Å². The molecule has 1 aromatic heterocycles. The Bertz CT molecular complexity index is 815. The predicted molar refractivity (Wildman–Crippen MR) is 112 cm³/mol. The highest BCUT2D eigenvalue weighted by Gasteiger charge is 2.23. The van der Waals surface area contributed by atoms with Gasteiger partial charge in [0.2, 0.25) is 5.91 Å². The monoisotopic (exact) mass is 405 g/mol. The quantitative estimate of drug-likeness (QED) is 0.438. The first-order valence-corrected chi connectivity index (χ1v) is 10.2. The highest BCUT2D eigenvalue weighted by molar-refractivity contribution is 7.15. The minimum absolute atomic E-state index is 0.0975. The molecular formula is C21H27NO5S. The molecule has 0 aliphatic carbocycles. The van der Waals surface area contributed by atoms with E-state index in [4.69, 9.17) is 14.2 Å². The number of ether oxygens (including phenoxy) is 3. The maximum Gasteiger partial charge on any atom is 0.341 e. The summed E-state index contributed by atoms with van der Waals surface area (Å²) in [7, 11) is 3.13. The van der Waals surface area contributed by atoms with E-state index in [0.717, 1.165) is 24.8 Å². The van der Waals surface area contributed by atoms with Gasteiger partial charge in [-0.1, -0.05) is 25.8 Å². The topological polar surface area (TPSA) is 73.9 Å². The van der Waals surface area contributed by atoms with Crippen LogP contribution in [0, 0.1) is 0 Å². The van der Waals surface area contributed by atoms with Gasteiger partial charge in [0.15, 0.2) is 11.5 Å². The molecule has 0 bridgehead atoms. The number of hydrogen-bond acceptors (Lipinski definition) is 6. The fourth-order valence-electron chi connectivity index (χ4n) is 2.80. The Morgan fingerprint density at radius 3 is 2.46 bits per heavy atom. The number of esters is 1. The number of methoxy groups -OCH3 is 2. The van der Waals surface area contributed by atoms with E-state index in [-0.39, 0.29) is 12.5 Å². The van der Waals surface area contributed by atoms with E-state index in [1.807, 2.05) is 11.4 Å². The molecule has 0 aliphatic rings. The Morgan fingerprint density at radius 1 is 1.07 bits per heavy atom. The van der Waals surface area contributed by atoms with Crippen LogP contribution in [-0.2, 0) is 9.53 Å². The Labute approximate surface area is 169 Å². The van der Waals surface area contributed by atoms with Gasteiger partial charge in [-0.3, -0.25) is 4.79 Å². The van der Waals surface area contributed by atoms with Gasteiger partial charge in [-0.15, -0.1) is 11.3 Å². The van der Waals surface area contributed by atoms with Crippen molar-refractivity contribution >= 4 is 28.2 Å². The summed E-state index contributed by atoms with van der Waals surface area (Å²) in [4.78, 5) is 24.9. The molecule has 0 unspecified atom stereocenters. The highest BCUT2D eigenvalue weighted by atomic mass is 32.1. The number of hydrogen-bond donors (Lipinski definition) is 1. The number of thiophene rings is 1. The van der Waals surface area contributed by atoms with Crippen LogP contribution in [0.2, 0.25) is 0 Å². The van der Waals surface area contributed by atoms with Crippen molar-refractivity contribution in [2.45, 2.75) is 39.5 Å². The zero-order chi connectivity index (χ0) is 20.5. The number of rotatable bonds is 10. The molecule has 0 fully saturated rings. The number of carbonyl (C=O) groups excluding carboxylic acids is 2. The molecule has 0 saturated heterocycles. The average molecular weight is 406 g/mol. The van der Waals surface area contributed by atoms with Crippen LogP contribution in [0.15, 0.2) is 23.6 Å². The second-order valence-electron chi connectivity index (χ2n) is 6.15. The maximum atomic E-state index is 12.6. The zero-order valence-electron chi connectivity index (χ0n) is 16.8. The van der Waals surface area contributed by atoms with Crippen molar-refractivity contribution in [3.8, 4) is 22.6 Å². The standard InChI is InChI=1S/C21H27NO5S/c1-5-7-8-9-18(23)22-20-19(21(24)27-6-2)15(13-28-20)14-10-11-16(25-3)17(12-14)26-4/h10-13H,5-9H2,1-4H3,(H,22,23).